The molecule has 0 heterocycles. The number of alkyl halides is 2. The van der Waals surface area contributed by atoms with Crippen molar-refractivity contribution in [3.63, 3.8) is 0 Å². The molecule has 0 aromatic heterocycles. The van der Waals surface area contributed by atoms with E-state index in [1.165, 1.54) is 0 Å². The van der Waals surface area contributed by atoms with E-state index in [1.807, 2.05) is 0 Å². The van der Waals surface area contributed by atoms with Crippen molar-refractivity contribution in [1.82, 2.24) is 0 Å². The van der Waals surface area contributed by atoms with E-state index in [-0.39, 0.29) is 10.0 Å². The highest BCUT2D eigenvalue weighted by Gasteiger charge is 2.21. The third kappa shape index (κ3) is 2.24. The minimum absolute atomic E-state index is 0.0317. The normalized spacial score (nSPS) is 13.4. The molecule has 1 aromatic rings. The Morgan fingerprint density at radius 3 is 2.14 bits per heavy atom. The number of rotatable bonds is 2. The molecular formula is C8H6BrF4N. The molecule has 0 bridgehead atoms. The summed E-state index contributed by atoms with van der Waals surface area (Å²) >= 11 is 2.83. The number of hydrogen-bond acceptors (Lipinski definition) is 1. The fourth-order valence-electron chi connectivity index (χ4n) is 0.929. The maximum Gasteiger partial charge on any atom is 0.257 e. The van der Waals surface area contributed by atoms with Gasteiger partial charge in [0.2, 0.25) is 0 Å². The molecule has 1 atom stereocenters. The zero-order valence-electron chi connectivity index (χ0n) is 6.78. The van der Waals surface area contributed by atoms with Gasteiger partial charge in [0.15, 0.2) is 11.6 Å². The molecule has 0 fully saturated rings. The molecule has 2 N–H and O–H groups in total. The van der Waals surface area contributed by atoms with E-state index >= 15 is 0 Å². The van der Waals surface area contributed by atoms with E-state index in [0.717, 1.165) is 6.07 Å². The largest absolute Gasteiger partial charge is 0.319 e. The molecule has 1 rings (SSSR count). The van der Waals surface area contributed by atoms with Gasteiger partial charge in [-0.25, -0.2) is 17.6 Å². The lowest BCUT2D eigenvalue weighted by molar-refractivity contribution is 0.116. The molecule has 0 saturated carbocycles. The molecule has 6 heteroatoms. The predicted octanol–water partition coefficient (Wildman–Crippen LogP) is 2.99. The van der Waals surface area contributed by atoms with Gasteiger partial charge in [0.1, 0.15) is 0 Å². The van der Waals surface area contributed by atoms with Crippen molar-refractivity contribution >= 4 is 15.9 Å². The maximum atomic E-state index is 12.7. The van der Waals surface area contributed by atoms with Crippen molar-refractivity contribution in [3.8, 4) is 0 Å². The van der Waals surface area contributed by atoms with E-state index in [9.17, 15) is 17.6 Å². The van der Waals surface area contributed by atoms with Crippen LogP contribution in [0.5, 0.6) is 0 Å². The Labute approximate surface area is 86.0 Å². The lowest BCUT2D eigenvalue weighted by atomic mass is 10.1. The van der Waals surface area contributed by atoms with Crippen molar-refractivity contribution < 1.29 is 17.6 Å². The summed E-state index contributed by atoms with van der Waals surface area (Å²) in [5.74, 6) is -2.30. The lowest BCUT2D eigenvalue weighted by Crippen LogP contribution is -2.19. The molecule has 0 spiro atoms. The van der Waals surface area contributed by atoms with E-state index in [1.54, 1.807) is 0 Å². The van der Waals surface area contributed by atoms with Gasteiger partial charge in [0.25, 0.3) is 6.43 Å². The Kier molecular flexibility index (Phi) is 3.49. The van der Waals surface area contributed by atoms with Gasteiger partial charge < -0.3 is 5.73 Å². The van der Waals surface area contributed by atoms with Crippen molar-refractivity contribution in [3.05, 3.63) is 33.8 Å². The van der Waals surface area contributed by atoms with Crippen molar-refractivity contribution in [1.29, 1.82) is 0 Å². The Bertz CT molecular complexity index is 342. The van der Waals surface area contributed by atoms with Gasteiger partial charge >= 0.3 is 0 Å². The second kappa shape index (κ2) is 4.27. The van der Waals surface area contributed by atoms with Gasteiger partial charge in [-0.15, -0.1) is 0 Å². The summed E-state index contributed by atoms with van der Waals surface area (Å²) in [6, 6.07) is -0.192. The second-order valence-corrected chi connectivity index (χ2v) is 3.50. The number of nitrogens with two attached hydrogens (primary N) is 1. The smallest absolute Gasteiger partial charge is 0.257 e. The fraction of sp³-hybridized carbons (Fsp3) is 0.250. The van der Waals surface area contributed by atoms with Gasteiger partial charge in [0.05, 0.1) is 6.04 Å². The molecule has 14 heavy (non-hydrogen) atoms. The molecule has 1 aromatic carbocycles. The maximum absolute atomic E-state index is 12.7. The SMILES string of the molecule is NC(c1cc(F)c(F)cc1Br)C(F)F. The summed E-state index contributed by atoms with van der Waals surface area (Å²) in [5.41, 5.74) is 4.93. The standard InChI is InChI=1S/C8H6BrF4N/c9-4-2-6(11)5(10)1-3(4)7(14)8(12)13/h1-2,7-8H,14H2. The molecular weight excluding hydrogens is 266 g/mol. The summed E-state index contributed by atoms with van der Waals surface area (Å²) in [7, 11) is 0. The monoisotopic (exact) mass is 271 g/mol. The van der Waals surface area contributed by atoms with Crippen LogP contribution in [0, 0.1) is 11.6 Å². The number of hydrogen-bond donors (Lipinski definition) is 1. The zero-order valence-corrected chi connectivity index (χ0v) is 8.36. The van der Waals surface area contributed by atoms with E-state index in [0.29, 0.717) is 6.07 Å². The van der Waals surface area contributed by atoms with Crippen LogP contribution in [-0.2, 0) is 0 Å². The minimum Gasteiger partial charge on any atom is -0.319 e. The van der Waals surface area contributed by atoms with E-state index in [2.05, 4.69) is 15.9 Å². The average Bonchev–Trinajstić information content (AvgIpc) is 2.10. The van der Waals surface area contributed by atoms with Crippen LogP contribution in [0.15, 0.2) is 16.6 Å². The first-order valence-electron chi connectivity index (χ1n) is 3.61. The van der Waals surface area contributed by atoms with Crippen LogP contribution in [0.2, 0.25) is 0 Å². The van der Waals surface area contributed by atoms with E-state index in [4.69, 9.17) is 5.73 Å². The molecule has 0 aliphatic heterocycles. The first-order valence-corrected chi connectivity index (χ1v) is 4.41. The molecule has 1 nitrogen and oxygen atoms in total. The van der Waals surface area contributed by atoms with Crippen molar-refractivity contribution in [2.24, 2.45) is 5.73 Å². The molecule has 0 saturated heterocycles. The number of halogens is 5. The van der Waals surface area contributed by atoms with Crippen LogP contribution in [0.1, 0.15) is 11.6 Å². The molecule has 0 aliphatic carbocycles. The summed E-state index contributed by atoms with van der Waals surface area (Å²) in [6.45, 7) is 0. The van der Waals surface area contributed by atoms with Gasteiger partial charge in [-0.2, -0.15) is 0 Å². The third-order valence-corrected chi connectivity index (χ3v) is 2.36. The van der Waals surface area contributed by atoms with E-state index < -0.39 is 24.1 Å². The van der Waals surface area contributed by atoms with Crippen LogP contribution in [-0.4, -0.2) is 6.43 Å². The van der Waals surface area contributed by atoms with Crippen LogP contribution < -0.4 is 5.73 Å². The summed E-state index contributed by atoms with van der Waals surface area (Å²) in [6.07, 6.45) is -2.82. The summed E-state index contributed by atoms with van der Waals surface area (Å²) < 4.78 is 49.6. The average molecular weight is 272 g/mol. The van der Waals surface area contributed by atoms with Gasteiger partial charge in [0, 0.05) is 4.47 Å². The van der Waals surface area contributed by atoms with Crippen LogP contribution >= 0.6 is 15.9 Å². The lowest BCUT2D eigenvalue weighted by Gasteiger charge is -2.12. The molecule has 0 radical (unpaired) electrons. The predicted molar refractivity (Wildman–Crippen MR) is 47.0 cm³/mol. The molecule has 1 unspecified atom stereocenters. The van der Waals surface area contributed by atoms with Crippen LogP contribution in [0.4, 0.5) is 17.6 Å². The zero-order chi connectivity index (χ0) is 10.9. The fourth-order valence-corrected chi connectivity index (χ4v) is 1.51. The van der Waals surface area contributed by atoms with Gasteiger partial charge in [-0.1, -0.05) is 15.9 Å². The Hall–Kier alpha value is -0.620. The minimum atomic E-state index is -2.82. The molecule has 78 valence electrons. The molecule has 0 amide bonds. The highest BCUT2D eigenvalue weighted by molar-refractivity contribution is 9.10. The Balaban J connectivity index is 3.15. The van der Waals surface area contributed by atoms with Crippen LogP contribution in [0.3, 0.4) is 0 Å². The Morgan fingerprint density at radius 2 is 1.64 bits per heavy atom. The van der Waals surface area contributed by atoms with Crippen molar-refractivity contribution in [2.45, 2.75) is 12.5 Å². The van der Waals surface area contributed by atoms with Gasteiger partial charge in [-0.3, -0.25) is 0 Å². The number of benzene rings is 1. The quantitative estimate of drug-likeness (QED) is 0.650. The second-order valence-electron chi connectivity index (χ2n) is 2.65. The van der Waals surface area contributed by atoms with Gasteiger partial charge in [-0.05, 0) is 17.7 Å². The highest BCUT2D eigenvalue weighted by atomic mass is 79.9. The summed E-state index contributed by atoms with van der Waals surface area (Å²) in [4.78, 5) is 0. The molecule has 0 aliphatic rings. The summed E-state index contributed by atoms with van der Waals surface area (Å²) in [5, 5.41) is 0. The first-order chi connectivity index (χ1) is 6.43. The third-order valence-electron chi connectivity index (χ3n) is 1.67. The van der Waals surface area contributed by atoms with Crippen LogP contribution in [0.25, 0.3) is 0 Å². The highest BCUT2D eigenvalue weighted by Crippen LogP contribution is 2.28. The Morgan fingerprint density at radius 1 is 1.14 bits per heavy atom. The van der Waals surface area contributed by atoms with Crippen molar-refractivity contribution in [2.75, 3.05) is 0 Å². The topological polar surface area (TPSA) is 26.0 Å². The first kappa shape index (κ1) is 11.5.